The van der Waals surface area contributed by atoms with Crippen molar-refractivity contribution in [1.29, 1.82) is 0 Å². The lowest BCUT2D eigenvalue weighted by Gasteiger charge is -2.20. The van der Waals surface area contributed by atoms with Crippen LogP contribution in [0.4, 0.5) is 5.69 Å². The van der Waals surface area contributed by atoms with E-state index in [0.29, 0.717) is 16.1 Å². The number of nitrogen functional groups attached to an aromatic ring is 1. The Morgan fingerprint density at radius 3 is 2.95 bits per heavy atom. The van der Waals surface area contributed by atoms with Crippen LogP contribution in [0.1, 0.15) is 28.1 Å². The Bertz CT molecular complexity index is 825. The highest BCUT2D eigenvalue weighted by molar-refractivity contribution is 7.12. The lowest BCUT2D eigenvalue weighted by atomic mass is 10.1. The summed E-state index contributed by atoms with van der Waals surface area (Å²) >= 11 is 1.41. The molecule has 106 valence electrons. The fraction of sp³-hybridized carbons (Fsp3) is 0.250. The highest BCUT2D eigenvalue weighted by Gasteiger charge is 2.26. The highest BCUT2D eigenvalue weighted by atomic mass is 32.1. The lowest BCUT2D eigenvalue weighted by Crippen LogP contribution is -2.37. The predicted molar refractivity (Wildman–Crippen MR) is 83.6 cm³/mol. The Balaban J connectivity index is 1.84. The van der Waals surface area contributed by atoms with Crippen LogP contribution in [-0.4, -0.2) is 23.4 Å². The normalized spacial score (nSPS) is 19.4. The molecule has 21 heavy (non-hydrogen) atoms. The standard InChI is InChI=1S/C16H15N3OS/c17-13-11-9-19-8-4-7-12(19)18-16(11)21-15(13)14(20)10-5-2-1-3-6-10/h1-3,5-6,9,12H,4,7-8,17H2. The van der Waals surface area contributed by atoms with E-state index < -0.39 is 0 Å². The zero-order chi connectivity index (χ0) is 14.4. The van der Waals surface area contributed by atoms with Gasteiger partial charge in [-0.2, -0.15) is 0 Å². The summed E-state index contributed by atoms with van der Waals surface area (Å²) in [5, 5.41) is 0.914. The summed E-state index contributed by atoms with van der Waals surface area (Å²) in [6.07, 6.45) is 4.55. The number of benzene rings is 1. The van der Waals surface area contributed by atoms with Gasteiger partial charge in [0.1, 0.15) is 15.7 Å². The van der Waals surface area contributed by atoms with Crippen LogP contribution in [0.15, 0.2) is 35.3 Å². The van der Waals surface area contributed by atoms with Crippen LogP contribution in [0.25, 0.3) is 6.20 Å². The van der Waals surface area contributed by atoms with E-state index in [4.69, 9.17) is 10.7 Å². The molecule has 4 rings (SSSR count). The van der Waals surface area contributed by atoms with Crippen molar-refractivity contribution in [2.24, 2.45) is 4.99 Å². The van der Waals surface area contributed by atoms with Gasteiger partial charge in [-0.15, -0.1) is 11.3 Å². The molecule has 1 saturated heterocycles. The first-order valence-electron chi connectivity index (χ1n) is 7.07. The van der Waals surface area contributed by atoms with Crippen molar-refractivity contribution in [2.75, 3.05) is 12.3 Å². The van der Waals surface area contributed by atoms with E-state index in [1.54, 1.807) is 0 Å². The van der Waals surface area contributed by atoms with Crippen molar-refractivity contribution >= 4 is 29.0 Å². The second-order valence-corrected chi connectivity index (χ2v) is 6.38. The molecule has 1 atom stereocenters. The van der Waals surface area contributed by atoms with Gasteiger partial charge in [0.15, 0.2) is 0 Å². The third-order valence-corrected chi connectivity index (χ3v) is 5.16. The number of thiophene rings is 1. The molecule has 3 heterocycles. The zero-order valence-corrected chi connectivity index (χ0v) is 12.3. The second kappa shape index (κ2) is 4.70. The SMILES string of the molecule is Nc1c(C(=O)c2ccccc2)sc2c1=CN1CCCC1N=2. The van der Waals surface area contributed by atoms with E-state index >= 15 is 0 Å². The fourth-order valence-electron chi connectivity index (χ4n) is 2.92. The van der Waals surface area contributed by atoms with Gasteiger partial charge in [0, 0.05) is 18.3 Å². The summed E-state index contributed by atoms with van der Waals surface area (Å²) in [6.45, 7) is 1.02. The molecular weight excluding hydrogens is 282 g/mol. The van der Waals surface area contributed by atoms with Crippen LogP contribution in [-0.2, 0) is 0 Å². The monoisotopic (exact) mass is 297 g/mol. The van der Waals surface area contributed by atoms with Crippen molar-refractivity contribution in [3.63, 3.8) is 0 Å². The van der Waals surface area contributed by atoms with Gasteiger partial charge in [-0.3, -0.25) is 4.79 Å². The number of rotatable bonds is 2. The average Bonchev–Trinajstić information content (AvgIpc) is 3.10. The Kier molecular flexibility index (Phi) is 2.82. The molecule has 1 unspecified atom stereocenters. The summed E-state index contributed by atoms with van der Waals surface area (Å²) < 4.78 is 0.898. The summed E-state index contributed by atoms with van der Waals surface area (Å²) in [5.74, 6) is -0.0174. The van der Waals surface area contributed by atoms with Crippen LogP contribution in [0, 0.1) is 0 Å². The molecule has 2 aliphatic rings. The first-order valence-corrected chi connectivity index (χ1v) is 7.89. The van der Waals surface area contributed by atoms with Gasteiger partial charge in [-0.25, -0.2) is 4.99 Å². The third-order valence-electron chi connectivity index (χ3n) is 4.03. The Labute approximate surface area is 126 Å². The topological polar surface area (TPSA) is 58.7 Å². The van der Waals surface area contributed by atoms with Gasteiger partial charge in [-0.05, 0) is 12.8 Å². The molecule has 1 aromatic carbocycles. The maximum absolute atomic E-state index is 12.6. The molecule has 5 heteroatoms. The van der Waals surface area contributed by atoms with E-state index in [2.05, 4.69) is 11.1 Å². The third kappa shape index (κ3) is 1.96. The minimum atomic E-state index is -0.0174. The van der Waals surface area contributed by atoms with Crippen molar-refractivity contribution in [3.05, 3.63) is 50.7 Å². The number of carbonyl (C=O) groups is 1. The Morgan fingerprint density at radius 1 is 1.33 bits per heavy atom. The first kappa shape index (κ1) is 12.6. The molecule has 0 saturated carbocycles. The van der Waals surface area contributed by atoms with Gasteiger partial charge in [0.05, 0.1) is 10.9 Å². The van der Waals surface area contributed by atoms with Crippen LogP contribution in [0.3, 0.4) is 0 Å². The summed E-state index contributed by atoms with van der Waals surface area (Å²) in [5.41, 5.74) is 7.45. The predicted octanol–water partition coefficient (Wildman–Crippen LogP) is 1.35. The van der Waals surface area contributed by atoms with Gasteiger partial charge in [0.25, 0.3) is 0 Å². The van der Waals surface area contributed by atoms with Gasteiger partial charge >= 0.3 is 0 Å². The van der Waals surface area contributed by atoms with Crippen LogP contribution in [0.5, 0.6) is 0 Å². The van der Waals surface area contributed by atoms with Crippen molar-refractivity contribution in [1.82, 2.24) is 4.90 Å². The number of carbonyl (C=O) groups excluding carboxylic acids is 1. The molecule has 2 N–H and O–H groups in total. The number of nitrogens with two attached hydrogens (primary N) is 1. The number of hydrogen-bond acceptors (Lipinski definition) is 5. The van der Waals surface area contributed by atoms with Crippen LogP contribution < -0.4 is 15.6 Å². The molecule has 2 aromatic rings. The van der Waals surface area contributed by atoms with Gasteiger partial charge in [-0.1, -0.05) is 30.3 Å². The lowest BCUT2D eigenvalue weighted by molar-refractivity contribution is 0.104. The summed E-state index contributed by atoms with van der Waals surface area (Å²) in [7, 11) is 0. The van der Waals surface area contributed by atoms with Gasteiger partial charge < -0.3 is 10.6 Å². The van der Waals surface area contributed by atoms with Crippen molar-refractivity contribution < 1.29 is 4.79 Å². The minimum absolute atomic E-state index is 0.0174. The van der Waals surface area contributed by atoms with E-state index in [9.17, 15) is 4.79 Å². The molecule has 1 fully saturated rings. The van der Waals surface area contributed by atoms with E-state index in [1.807, 2.05) is 30.3 Å². The fourth-order valence-corrected chi connectivity index (χ4v) is 3.99. The van der Waals surface area contributed by atoms with Crippen molar-refractivity contribution in [3.8, 4) is 0 Å². The van der Waals surface area contributed by atoms with E-state index in [0.717, 1.165) is 29.3 Å². The minimum Gasteiger partial charge on any atom is -0.397 e. The number of anilines is 1. The zero-order valence-electron chi connectivity index (χ0n) is 11.5. The number of fused-ring (bicyclic) bond motifs is 2. The van der Waals surface area contributed by atoms with Crippen LogP contribution in [0.2, 0.25) is 0 Å². The summed E-state index contributed by atoms with van der Waals surface area (Å²) in [6, 6.07) is 9.27. The Hall–Kier alpha value is -2.14. The largest absolute Gasteiger partial charge is 0.397 e. The molecule has 4 nitrogen and oxygen atoms in total. The second-order valence-electron chi connectivity index (χ2n) is 5.38. The highest BCUT2D eigenvalue weighted by Crippen LogP contribution is 2.22. The molecule has 0 amide bonds. The maximum Gasteiger partial charge on any atom is 0.205 e. The van der Waals surface area contributed by atoms with E-state index in [1.165, 1.54) is 11.3 Å². The number of ketones is 1. The Morgan fingerprint density at radius 2 is 2.14 bits per heavy atom. The molecule has 0 spiro atoms. The van der Waals surface area contributed by atoms with Crippen molar-refractivity contribution in [2.45, 2.75) is 19.0 Å². The molecule has 0 radical (unpaired) electrons. The van der Waals surface area contributed by atoms with E-state index in [-0.39, 0.29) is 11.9 Å². The first-order chi connectivity index (χ1) is 10.2. The maximum atomic E-state index is 12.6. The molecule has 1 aromatic heterocycles. The molecule has 0 aliphatic carbocycles. The average molecular weight is 297 g/mol. The van der Waals surface area contributed by atoms with Crippen LogP contribution >= 0.6 is 11.3 Å². The molecular formula is C16H15N3OS. The number of nitrogens with zero attached hydrogens (tertiary/aromatic N) is 2. The smallest absolute Gasteiger partial charge is 0.205 e. The molecule has 0 bridgehead atoms. The summed E-state index contributed by atoms with van der Waals surface area (Å²) in [4.78, 5) is 20.2. The quantitative estimate of drug-likeness (QED) is 0.851. The molecule has 2 aliphatic heterocycles. The number of hydrogen-bond donors (Lipinski definition) is 1. The van der Waals surface area contributed by atoms with Gasteiger partial charge in [0.2, 0.25) is 5.78 Å².